The smallest absolute Gasteiger partial charge is 0.350 e. The minimum Gasteiger partial charge on any atom is -0.507 e. The summed E-state index contributed by atoms with van der Waals surface area (Å²) in [4.78, 5) is 45.3. The molecule has 12 heteroatoms. The van der Waals surface area contributed by atoms with Gasteiger partial charge in [-0.25, -0.2) is 9.78 Å². The summed E-state index contributed by atoms with van der Waals surface area (Å²) >= 11 is 0.901. The zero-order valence-corrected chi connectivity index (χ0v) is 25.0. The van der Waals surface area contributed by atoms with Crippen molar-refractivity contribution < 1.29 is 43.2 Å². The van der Waals surface area contributed by atoms with Crippen molar-refractivity contribution in [3.05, 3.63) is 63.7 Å². The van der Waals surface area contributed by atoms with Crippen LogP contribution >= 0.6 is 11.3 Å². The molecule has 0 aliphatic carbocycles. The Bertz CT molecular complexity index is 1500. The van der Waals surface area contributed by atoms with Crippen molar-refractivity contribution in [3.63, 3.8) is 0 Å². The molecule has 11 nitrogen and oxygen atoms in total. The Kier molecular flexibility index (Phi) is 9.36. The largest absolute Gasteiger partial charge is 0.507 e. The number of hydrogen-bond donors (Lipinski definition) is 1. The van der Waals surface area contributed by atoms with E-state index in [4.69, 9.17) is 23.7 Å². The number of aromatic nitrogens is 1. The third-order valence-corrected chi connectivity index (χ3v) is 7.84. The fraction of sp³-hybridized carbons (Fsp3) is 0.333. The van der Waals surface area contributed by atoms with Gasteiger partial charge in [0.25, 0.3) is 5.78 Å². The zero-order chi connectivity index (χ0) is 30.6. The summed E-state index contributed by atoms with van der Waals surface area (Å²) in [5.74, 6) is -1.42. The number of rotatable bonds is 11. The van der Waals surface area contributed by atoms with E-state index in [0.717, 1.165) is 29.1 Å². The van der Waals surface area contributed by atoms with Crippen LogP contribution in [-0.4, -0.2) is 62.8 Å². The first-order chi connectivity index (χ1) is 20.2. The molecule has 3 aromatic rings. The fourth-order valence-corrected chi connectivity index (χ4v) is 5.58. The predicted octanol–water partition coefficient (Wildman–Crippen LogP) is 5.07. The van der Waals surface area contributed by atoms with Crippen LogP contribution in [0.5, 0.6) is 23.0 Å². The molecule has 42 heavy (non-hydrogen) atoms. The van der Waals surface area contributed by atoms with Crippen molar-refractivity contribution in [3.8, 4) is 23.0 Å². The first-order valence-electron chi connectivity index (χ1n) is 13.1. The average molecular weight is 597 g/mol. The molecule has 1 aliphatic rings. The molecule has 1 fully saturated rings. The van der Waals surface area contributed by atoms with Crippen molar-refractivity contribution in [2.24, 2.45) is 0 Å². The van der Waals surface area contributed by atoms with Gasteiger partial charge in [-0.15, -0.1) is 0 Å². The monoisotopic (exact) mass is 596 g/mol. The Morgan fingerprint density at radius 2 is 1.67 bits per heavy atom. The Labute approximate surface area is 247 Å². The molecule has 1 atom stereocenters. The third kappa shape index (κ3) is 5.62. The van der Waals surface area contributed by atoms with Gasteiger partial charge in [0.2, 0.25) is 5.75 Å². The predicted molar refractivity (Wildman–Crippen MR) is 156 cm³/mol. The van der Waals surface area contributed by atoms with Gasteiger partial charge in [0.15, 0.2) is 16.6 Å². The van der Waals surface area contributed by atoms with Gasteiger partial charge in [0.05, 0.1) is 52.4 Å². The number of anilines is 1. The molecule has 0 saturated carbocycles. The number of ether oxygens (including phenoxy) is 5. The molecular formula is C30H32N2O9S. The lowest BCUT2D eigenvalue weighted by Crippen LogP contribution is -2.29. The van der Waals surface area contributed by atoms with Gasteiger partial charge in [-0.1, -0.05) is 24.7 Å². The number of benzene rings is 2. The Hall–Kier alpha value is -4.58. The van der Waals surface area contributed by atoms with Crippen LogP contribution in [-0.2, 0) is 14.3 Å². The second-order valence-corrected chi connectivity index (χ2v) is 10.2. The highest BCUT2D eigenvalue weighted by molar-refractivity contribution is 7.17. The number of ketones is 1. The Balaban J connectivity index is 1.92. The second-order valence-electron chi connectivity index (χ2n) is 9.26. The Morgan fingerprint density at radius 1 is 1.02 bits per heavy atom. The molecular weight excluding hydrogens is 564 g/mol. The van der Waals surface area contributed by atoms with E-state index >= 15 is 0 Å². The normalized spacial score (nSPS) is 16.0. The van der Waals surface area contributed by atoms with Crippen LogP contribution in [0.15, 0.2) is 42.0 Å². The summed E-state index contributed by atoms with van der Waals surface area (Å²) in [6.45, 7) is 4.21. The lowest BCUT2D eigenvalue weighted by Gasteiger charge is -2.24. The molecule has 1 amide bonds. The highest BCUT2D eigenvalue weighted by atomic mass is 32.1. The maximum Gasteiger partial charge on any atom is 0.350 e. The minimum absolute atomic E-state index is 0.0764. The number of aliphatic hydroxyl groups excluding tert-OH is 1. The quantitative estimate of drug-likeness (QED) is 0.105. The van der Waals surface area contributed by atoms with E-state index in [2.05, 4.69) is 11.9 Å². The number of unbranched alkanes of at least 4 members (excludes halogenated alkanes) is 1. The number of nitrogens with zero attached hydrogens (tertiary/aromatic N) is 2. The van der Waals surface area contributed by atoms with Crippen molar-refractivity contribution >= 4 is 39.9 Å². The van der Waals surface area contributed by atoms with Gasteiger partial charge in [-0.2, -0.15) is 0 Å². The fourth-order valence-electron chi connectivity index (χ4n) is 4.57. The topological polar surface area (TPSA) is 134 Å². The lowest BCUT2D eigenvalue weighted by molar-refractivity contribution is -0.132. The number of aliphatic hydroxyl groups is 1. The maximum atomic E-state index is 13.6. The van der Waals surface area contributed by atoms with Crippen LogP contribution in [0.2, 0.25) is 0 Å². The second kappa shape index (κ2) is 12.9. The standard InChI is InChI=1S/C30H32N2O9S/c1-7-8-13-41-19-11-9-17(10-12-19)24(33)22-23(18-14-20(37-3)26(39-5)21(15-18)38-4)32(28(35)25(22)34)30-31-16(2)27(42-30)29(36)40-6/h9-12,14-15,23,33H,7-8,13H2,1-6H3. The number of esters is 1. The van der Waals surface area contributed by atoms with E-state index in [0.29, 0.717) is 34.9 Å². The van der Waals surface area contributed by atoms with Crippen molar-refractivity contribution in [1.82, 2.24) is 4.98 Å². The van der Waals surface area contributed by atoms with Crippen molar-refractivity contribution in [2.75, 3.05) is 39.9 Å². The zero-order valence-electron chi connectivity index (χ0n) is 24.2. The molecule has 1 aromatic heterocycles. The average Bonchev–Trinajstić information content (AvgIpc) is 3.51. The van der Waals surface area contributed by atoms with Gasteiger partial charge >= 0.3 is 11.9 Å². The van der Waals surface area contributed by atoms with Crippen molar-refractivity contribution in [1.29, 1.82) is 0 Å². The first-order valence-corrected chi connectivity index (χ1v) is 13.9. The van der Waals surface area contributed by atoms with Crippen LogP contribution in [0.1, 0.15) is 52.3 Å². The maximum absolute atomic E-state index is 13.6. The molecule has 0 radical (unpaired) electrons. The number of amides is 1. The highest BCUT2D eigenvalue weighted by Gasteiger charge is 2.49. The van der Waals surface area contributed by atoms with Crippen LogP contribution in [0.25, 0.3) is 5.76 Å². The lowest BCUT2D eigenvalue weighted by atomic mass is 9.94. The van der Waals surface area contributed by atoms with Gasteiger partial charge < -0.3 is 28.8 Å². The van der Waals surface area contributed by atoms with Crippen LogP contribution in [0.3, 0.4) is 0 Å². The van der Waals surface area contributed by atoms with E-state index < -0.39 is 29.5 Å². The summed E-state index contributed by atoms with van der Waals surface area (Å²) < 4.78 is 27.0. The van der Waals surface area contributed by atoms with Crippen LogP contribution < -0.4 is 23.8 Å². The van der Waals surface area contributed by atoms with E-state index in [9.17, 15) is 19.5 Å². The molecule has 0 spiro atoms. The van der Waals surface area contributed by atoms with E-state index in [1.807, 2.05) is 0 Å². The van der Waals surface area contributed by atoms with Crippen LogP contribution in [0, 0.1) is 6.92 Å². The number of thiazole rings is 1. The van der Waals surface area contributed by atoms with Gasteiger partial charge in [0, 0.05) is 5.56 Å². The molecule has 1 aliphatic heterocycles. The number of hydrogen-bond acceptors (Lipinski definition) is 11. The number of Topliss-reactive ketones (excluding diaryl/α,β-unsaturated/α-hetero) is 1. The van der Waals surface area contributed by atoms with Gasteiger partial charge in [-0.3, -0.25) is 14.5 Å². The van der Waals surface area contributed by atoms with Gasteiger partial charge in [-0.05, 0) is 55.3 Å². The van der Waals surface area contributed by atoms with Gasteiger partial charge in [0.1, 0.15) is 16.4 Å². The molecule has 4 rings (SSSR count). The SMILES string of the molecule is CCCCOc1ccc(C(O)=C2C(=O)C(=O)N(c3nc(C)c(C(=O)OC)s3)C2c2cc(OC)c(OC)c(OC)c2)cc1. The molecule has 2 aromatic carbocycles. The van der Waals surface area contributed by atoms with Crippen LogP contribution in [0.4, 0.5) is 5.13 Å². The van der Waals surface area contributed by atoms with E-state index in [-0.39, 0.29) is 27.1 Å². The molecule has 1 saturated heterocycles. The molecule has 1 N–H and O–H groups in total. The van der Waals surface area contributed by atoms with E-state index in [1.54, 1.807) is 43.3 Å². The Morgan fingerprint density at radius 3 is 2.21 bits per heavy atom. The third-order valence-electron chi connectivity index (χ3n) is 6.70. The summed E-state index contributed by atoms with van der Waals surface area (Å²) in [7, 11) is 5.57. The molecule has 222 valence electrons. The molecule has 0 bridgehead atoms. The summed E-state index contributed by atoms with van der Waals surface area (Å²) in [5.41, 5.74) is 0.823. The number of carbonyl (C=O) groups excluding carboxylic acids is 3. The number of carbonyl (C=O) groups is 3. The first kappa shape index (κ1) is 30.4. The molecule has 1 unspecified atom stereocenters. The number of aryl methyl sites for hydroxylation is 1. The molecule has 2 heterocycles. The summed E-state index contributed by atoms with van der Waals surface area (Å²) in [6, 6.07) is 8.60. The summed E-state index contributed by atoms with van der Waals surface area (Å²) in [5, 5.41) is 11.6. The minimum atomic E-state index is -1.16. The van der Waals surface area contributed by atoms with Crippen molar-refractivity contribution in [2.45, 2.75) is 32.7 Å². The number of methoxy groups -OCH3 is 4. The highest BCUT2D eigenvalue weighted by Crippen LogP contribution is 2.48. The van der Waals surface area contributed by atoms with E-state index in [1.165, 1.54) is 28.4 Å². The summed E-state index contributed by atoms with van der Waals surface area (Å²) in [6.07, 6.45) is 1.88.